The third-order valence-corrected chi connectivity index (χ3v) is 4.86. The summed E-state index contributed by atoms with van der Waals surface area (Å²) in [6.07, 6.45) is 3.28. The lowest BCUT2D eigenvalue weighted by atomic mass is 10.0. The fourth-order valence-corrected chi connectivity index (χ4v) is 3.42. The highest BCUT2D eigenvalue weighted by Gasteiger charge is 2.38. The molecular weight excluding hydrogens is 350 g/mol. The number of amides is 1. The van der Waals surface area contributed by atoms with Crippen LogP contribution < -0.4 is 4.74 Å². The summed E-state index contributed by atoms with van der Waals surface area (Å²) >= 11 is 0. The number of esters is 1. The Hall–Kier alpha value is -2.80. The van der Waals surface area contributed by atoms with Crippen molar-refractivity contribution in [2.75, 3.05) is 27.4 Å². The Labute approximate surface area is 157 Å². The molecule has 1 N–H and O–H groups in total. The second kappa shape index (κ2) is 7.84. The smallest absolute Gasteiger partial charge is 0.340 e. The van der Waals surface area contributed by atoms with Crippen molar-refractivity contribution in [3.05, 3.63) is 40.6 Å². The van der Waals surface area contributed by atoms with E-state index >= 15 is 0 Å². The monoisotopic (exact) mass is 373 g/mol. The second-order valence-corrected chi connectivity index (χ2v) is 6.46. The van der Waals surface area contributed by atoms with Crippen molar-refractivity contribution in [1.29, 1.82) is 0 Å². The van der Waals surface area contributed by atoms with E-state index in [4.69, 9.17) is 14.2 Å². The number of para-hydroxylation sites is 1. The number of hydrogen-bond acceptors (Lipinski definition) is 6. The first-order valence-electron chi connectivity index (χ1n) is 8.78. The molecule has 1 atom stereocenters. The summed E-state index contributed by atoms with van der Waals surface area (Å²) in [4.78, 5) is 26.9. The summed E-state index contributed by atoms with van der Waals surface area (Å²) in [7, 11) is 2.72. The van der Waals surface area contributed by atoms with Gasteiger partial charge in [0.05, 0.1) is 38.0 Å². The topological polar surface area (TPSA) is 85.3 Å². The van der Waals surface area contributed by atoms with Gasteiger partial charge in [-0.05, 0) is 31.9 Å². The van der Waals surface area contributed by atoms with Crippen LogP contribution in [0.5, 0.6) is 11.5 Å². The van der Waals surface area contributed by atoms with Crippen molar-refractivity contribution in [3.63, 3.8) is 0 Å². The average Bonchev–Trinajstić information content (AvgIpc) is 3.26. The number of phenolic OH excluding ortho intramolecular Hbond substituents is 1. The number of hydrogen-bond donors (Lipinski definition) is 1. The minimum absolute atomic E-state index is 0.0487. The second-order valence-electron chi connectivity index (χ2n) is 6.46. The molecule has 27 heavy (non-hydrogen) atoms. The van der Waals surface area contributed by atoms with Crippen molar-refractivity contribution in [3.8, 4) is 11.5 Å². The molecule has 3 rings (SSSR count). The van der Waals surface area contributed by atoms with E-state index in [1.54, 1.807) is 30.0 Å². The van der Waals surface area contributed by atoms with Crippen molar-refractivity contribution >= 4 is 18.0 Å². The SMILES string of the molecule is COC(=O)C1=C(C)N(C[C@H]2CCCO2)C(=O)/C1=C\c1cccc(OC)c1O. The molecule has 1 amide bonds. The normalized spacial score (nSPS) is 21.3. The predicted octanol–water partition coefficient (Wildman–Crippen LogP) is 2.25. The predicted molar refractivity (Wildman–Crippen MR) is 98.0 cm³/mol. The Morgan fingerprint density at radius 1 is 1.41 bits per heavy atom. The molecule has 0 spiro atoms. The molecule has 0 bridgehead atoms. The number of rotatable bonds is 5. The first kappa shape index (κ1) is 19.0. The van der Waals surface area contributed by atoms with Crippen LogP contribution in [0.1, 0.15) is 25.3 Å². The molecule has 7 heteroatoms. The Balaban J connectivity index is 2.02. The Morgan fingerprint density at radius 2 is 2.19 bits per heavy atom. The largest absolute Gasteiger partial charge is 0.504 e. The lowest BCUT2D eigenvalue weighted by Crippen LogP contribution is -2.33. The number of nitrogens with zero attached hydrogens (tertiary/aromatic N) is 1. The van der Waals surface area contributed by atoms with Gasteiger partial charge < -0.3 is 24.2 Å². The van der Waals surface area contributed by atoms with E-state index in [0.29, 0.717) is 24.4 Å². The molecule has 2 aliphatic rings. The third kappa shape index (κ3) is 3.55. The van der Waals surface area contributed by atoms with Crippen LogP contribution in [0.3, 0.4) is 0 Å². The van der Waals surface area contributed by atoms with E-state index in [1.807, 2.05) is 0 Å². The van der Waals surface area contributed by atoms with Gasteiger partial charge in [0.25, 0.3) is 5.91 Å². The molecule has 1 fully saturated rings. The van der Waals surface area contributed by atoms with Crippen LogP contribution in [0.4, 0.5) is 0 Å². The molecule has 1 aromatic carbocycles. The van der Waals surface area contributed by atoms with E-state index in [9.17, 15) is 14.7 Å². The Kier molecular flexibility index (Phi) is 5.51. The molecule has 2 aliphatic heterocycles. The standard InChI is InChI=1S/C20H23NO6/c1-12-17(20(24)26-3)15(10-13-6-4-8-16(25-2)18(13)22)19(23)21(12)11-14-7-5-9-27-14/h4,6,8,10,14,22H,5,7,9,11H2,1-3H3/b15-10-/t14-/m1/s1. The molecule has 144 valence electrons. The van der Waals surface area contributed by atoms with E-state index in [2.05, 4.69) is 0 Å². The van der Waals surface area contributed by atoms with Gasteiger partial charge >= 0.3 is 5.97 Å². The highest BCUT2D eigenvalue weighted by Crippen LogP contribution is 2.36. The zero-order chi connectivity index (χ0) is 19.6. The molecule has 0 radical (unpaired) electrons. The van der Waals surface area contributed by atoms with Crippen LogP contribution in [0.25, 0.3) is 6.08 Å². The van der Waals surface area contributed by atoms with Gasteiger partial charge in [-0.1, -0.05) is 12.1 Å². The molecular formula is C20H23NO6. The molecule has 1 aromatic rings. The average molecular weight is 373 g/mol. The number of carbonyl (C=O) groups excluding carboxylic acids is 2. The van der Waals surface area contributed by atoms with E-state index in [-0.39, 0.29) is 34.7 Å². The van der Waals surface area contributed by atoms with Crippen LogP contribution in [0, 0.1) is 0 Å². The summed E-state index contributed by atoms with van der Waals surface area (Å²) in [6.45, 7) is 2.78. The first-order valence-corrected chi connectivity index (χ1v) is 8.78. The summed E-state index contributed by atoms with van der Waals surface area (Å²) < 4.78 is 15.6. The number of ether oxygens (including phenoxy) is 3. The minimum atomic E-state index is -0.593. The highest BCUT2D eigenvalue weighted by molar-refractivity contribution is 6.16. The van der Waals surface area contributed by atoms with Crippen molar-refractivity contribution < 1.29 is 28.9 Å². The van der Waals surface area contributed by atoms with Crippen molar-refractivity contribution in [2.45, 2.75) is 25.9 Å². The van der Waals surface area contributed by atoms with Crippen molar-refractivity contribution in [1.82, 2.24) is 4.90 Å². The summed E-state index contributed by atoms with van der Waals surface area (Å²) in [6, 6.07) is 4.95. The maximum absolute atomic E-state index is 13.0. The quantitative estimate of drug-likeness (QED) is 0.629. The van der Waals surface area contributed by atoms with Gasteiger partial charge in [-0.3, -0.25) is 4.79 Å². The maximum Gasteiger partial charge on any atom is 0.340 e. The number of methoxy groups -OCH3 is 2. The van der Waals surface area contributed by atoms with Gasteiger partial charge in [-0.25, -0.2) is 4.79 Å². The van der Waals surface area contributed by atoms with Gasteiger partial charge in [-0.2, -0.15) is 0 Å². The van der Waals surface area contributed by atoms with Gasteiger partial charge in [0.15, 0.2) is 11.5 Å². The highest BCUT2D eigenvalue weighted by atomic mass is 16.5. The number of aromatic hydroxyl groups is 1. The van der Waals surface area contributed by atoms with Crippen LogP contribution in [-0.2, 0) is 19.1 Å². The minimum Gasteiger partial charge on any atom is -0.504 e. The summed E-state index contributed by atoms with van der Waals surface area (Å²) in [5, 5.41) is 10.3. The number of allylic oxidation sites excluding steroid dienone is 1. The van der Waals surface area contributed by atoms with Gasteiger partial charge in [0.1, 0.15) is 0 Å². The fourth-order valence-electron chi connectivity index (χ4n) is 3.42. The number of carbonyl (C=O) groups is 2. The van der Waals surface area contributed by atoms with Gasteiger partial charge in [0, 0.05) is 17.9 Å². The van der Waals surface area contributed by atoms with E-state index in [1.165, 1.54) is 20.3 Å². The van der Waals surface area contributed by atoms with Crippen LogP contribution in [0.15, 0.2) is 35.0 Å². The van der Waals surface area contributed by atoms with Crippen molar-refractivity contribution in [2.24, 2.45) is 0 Å². The molecule has 7 nitrogen and oxygen atoms in total. The molecule has 0 unspecified atom stereocenters. The van der Waals surface area contributed by atoms with Gasteiger partial charge in [0.2, 0.25) is 0 Å². The lowest BCUT2D eigenvalue weighted by molar-refractivity contribution is -0.136. The van der Waals surface area contributed by atoms with E-state index < -0.39 is 5.97 Å². The fraction of sp³-hybridized carbons (Fsp3) is 0.400. The molecule has 0 aromatic heterocycles. The molecule has 0 saturated carbocycles. The molecule has 1 saturated heterocycles. The summed E-state index contributed by atoms with van der Waals surface area (Å²) in [5.74, 6) is -0.721. The van der Waals surface area contributed by atoms with Crippen LogP contribution >= 0.6 is 0 Å². The Bertz CT molecular complexity index is 820. The summed E-state index contributed by atoms with van der Waals surface area (Å²) in [5.41, 5.74) is 1.28. The maximum atomic E-state index is 13.0. The number of phenols is 1. The van der Waals surface area contributed by atoms with E-state index in [0.717, 1.165) is 12.8 Å². The first-order chi connectivity index (χ1) is 13.0. The third-order valence-electron chi connectivity index (χ3n) is 4.86. The zero-order valence-corrected chi connectivity index (χ0v) is 15.7. The molecule has 2 heterocycles. The number of benzene rings is 1. The van der Waals surface area contributed by atoms with Crippen LogP contribution in [0.2, 0.25) is 0 Å². The lowest BCUT2D eigenvalue weighted by Gasteiger charge is -2.21. The molecule has 0 aliphatic carbocycles. The Morgan fingerprint density at radius 3 is 2.81 bits per heavy atom. The zero-order valence-electron chi connectivity index (χ0n) is 15.7. The van der Waals surface area contributed by atoms with Crippen LogP contribution in [-0.4, -0.2) is 55.4 Å². The van der Waals surface area contributed by atoms with Gasteiger partial charge in [-0.15, -0.1) is 0 Å².